The van der Waals surface area contributed by atoms with E-state index in [-0.39, 0.29) is 5.02 Å². The lowest BCUT2D eigenvalue weighted by atomic mass is 9.95. The minimum absolute atomic E-state index is 0.242. The molecule has 1 N–H and O–H groups in total. The molecule has 1 amide bonds. The van der Waals surface area contributed by atoms with Gasteiger partial charge in [-0.25, -0.2) is 0 Å². The third-order valence-corrected chi connectivity index (χ3v) is 3.99. The Bertz CT molecular complexity index is 798. The van der Waals surface area contributed by atoms with Gasteiger partial charge in [-0.2, -0.15) is 5.26 Å². The highest BCUT2D eigenvalue weighted by molar-refractivity contribution is 6.44. The van der Waals surface area contributed by atoms with E-state index < -0.39 is 17.6 Å². The minimum atomic E-state index is -1.21. The topological polar surface area (TPSA) is 70.0 Å². The van der Waals surface area contributed by atoms with Crippen LogP contribution in [0.3, 0.4) is 0 Å². The van der Waals surface area contributed by atoms with Crippen LogP contribution in [0.15, 0.2) is 42.5 Å². The van der Waals surface area contributed by atoms with Gasteiger partial charge in [0.1, 0.15) is 5.92 Å². The van der Waals surface area contributed by atoms with Gasteiger partial charge in [-0.1, -0.05) is 46.9 Å². The first-order valence-corrected chi connectivity index (χ1v) is 7.51. The summed E-state index contributed by atoms with van der Waals surface area (Å²) in [4.78, 5) is 24.2. The molecule has 7 heteroatoms. The zero-order chi connectivity index (χ0) is 17.0. The van der Waals surface area contributed by atoms with Crippen LogP contribution in [-0.2, 0) is 9.59 Å². The molecular weight excluding hydrogens is 359 g/mol. The Morgan fingerprint density at radius 2 is 1.65 bits per heavy atom. The highest BCUT2D eigenvalue weighted by Crippen LogP contribution is 2.25. The van der Waals surface area contributed by atoms with Crippen LogP contribution in [0.1, 0.15) is 11.5 Å². The molecule has 0 fully saturated rings. The number of hydrogen-bond donors (Lipinski definition) is 1. The molecule has 0 aliphatic heterocycles. The molecule has 0 saturated carbocycles. The fourth-order valence-corrected chi connectivity index (χ4v) is 2.26. The number of nitrogens with zero attached hydrogens (tertiary/aromatic N) is 1. The number of benzene rings is 2. The van der Waals surface area contributed by atoms with Crippen LogP contribution in [0.2, 0.25) is 15.1 Å². The lowest BCUT2D eigenvalue weighted by Gasteiger charge is -2.10. The Morgan fingerprint density at radius 3 is 2.22 bits per heavy atom. The van der Waals surface area contributed by atoms with Crippen LogP contribution in [0.25, 0.3) is 0 Å². The van der Waals surface area contributed by atoms with E-state index in [9.17, 15) is 14.9 Å². The molecule has 0 aliphatic rings. The lowest BCUT2D eigenvalue weighted by Crippen LogP contribution is -2.27. The zero-order valence-corrected chi connectivity index (χ0v) is 13.8. The van der Waals surface area contributed by atoms with Gasteiger partial charge in [0.25, 0.3) is 5.91 Å². The van der Waals surface area contributed by atoms with Crippen molar-refractivity contribution in [1.82, 2.24) is 0 Å². The van der Waals surface area contributed by atoms with Gasteiger partial charge in [0, 0.05) is 10.7 Å². The van der Waals surface area contributed by atoms with E-state index in [1.165, 1.54) is 30.3 Å². The summed E-state index contributed by atoms with van der Waals surface area (Å²) in [6.45, 7) is 0. The predicted octanol–water partition coefficient (Wildman–Crippen LogP) is 4.46. The second-order valence-electron chi connectivity index (χ2n) is 4.56. The molecule has 0 bridgehead atoms. The van der Waals surface area contributed by atoms with E-state index in [4.69, 9.17) is 34.8 Å². The molecule has 0 unspecified atom stereocenters. The average molecular weight is 368 g/mol. The van der Waals surface area contributed by atoms with Crippen LogP contribution in [-0.4, -0.2) is 11.7 Å². The van der Waals surface area contributed by atoms with Crippen molar-refractivity contribution in [3.8, 4) is 6.07 Å². The fraction of sp³-hybridized carbons (Fsp3) is 0.0625. The SMILES string of the molecule is N#C[C@H](C(=O)C(=O)Nc1ccc(Cl)c(Cl)c1)c1ccc(Cl)cc1. The molecular formula is C16H9Cl3N2O2. The van der Waals surface area contributed by atoms with E-state index in [0.717, 1.165) is 0 Å². The van der Waals surface area contributed by atoms with E-state index in [0.29, 0.717) is 21.3 Å². The van der Waals surface area contributed by atoms with Gasteiger partial charge in [0.05, 0.1) is 16.1 Å². The maximum absolute atomic E-state index is 12.2. The molecule has 0 heterocycles. The molecule has 116 valence electrons. The number of ketones is 1. The Labute approximate surface area is 147 Å². The van der Waals surface area contributed by atoms with Gasteiger partial charge in [-0.3, -0.25) is 9.59 Å². The summed E-state index contributed by atoms with van der Waals surface area (Å²) >= 11 is 17.4. The number of rotatable bonds is 4. The molecule has 2 rings (SSSR count). The lowest BCUT2D eigenvalue weighted by molar-refractivity contribution is -0.135. The van der Waals surface area contributed by atoms with Gasteiger partial charge in [-0.05, 0) is 35.9 Å². The van der Waals surface area contributed by atoms with Gasteiger partial charge in [-0.15, -0.1) is 0 Å². The second kappa shape index (κ2) is 7.47. The number of Topliss-reactive ketones (excluding diaryl/α,β-unsaturated/α-hetero) is 1. The Balaban J connectivity index is 2.17. The molecule has 0 saturated heterocycles. The smallest absolute Gasteiger partial charge is 0.293 e. The number of nitriles is 1. The van der Waals surface area contributed by atoms with Crippen molar-refractivity contribution in [2.24, 2.45) is 0 Å². The largest absolute Gasteiger partial charge is 0.319 e. The number of amides is 1. The number of hydrogen-bond acceptors (Lipinski definition) is 3. The number of nitrogens with one attached hydrogen (secondary N) is 1. The molecule has 23 heavy (non-hydrogen) atoms. The third-order valence-electron chi connectivity index (χ3n) is 3.00. The first kappa shape index (κ1) is 17.3. The van der Waals surface area contributed by atoms with Crippen LogP contribution in [0, 0.1) is 11.3 Å². The Hall–Kier alpha value is -2.06. The van der Waals surface area contributed by atoms with Crippen molar-refractivity contribution in [3.05, 3.63) is 63.1 Å². The molecule has 0 radical (unpaired) electrons. The second-order valence-corrected chi connectivity index (χ2v) is 5.81. The Morgan fingerprint density at radius 1 is 1.00 bits per heavy atom. The number of halogens is 3. The van der Waals surface area contributed by atoms with Gasteiger partial charge < -0.3 is 5.32 Å². The summed E-state index contributed by atoms with van der Waals surface area (Å²) in [6.07, 6.45) is 0. The number of carbonyl (C=O) groups is 2. The van der Waals surface area contributed by atoms with Crippen molar-refractivity contribution in [3.63, 3.8) is 0 Å². The summed E-state index contributed by atoms with van der Waals surface area (Å²) in [5, 5.41) is 12.6. The monoisotopic (exact) mass is 366 g/mol. The normalized spacial score (nSPS) is 11.4. The van der Waals surface area contributed by atoms with Crippen molar-refractivity contribution in [2.75, 3.05) is 5.32 Å². The highest BCUT2D eigenvalue weighted by atomic mass is 35.5. The molecule has 0 spiro atoms. The molecule has 0 aliphatic carbocycles. The first-order chi connectivity index (χ1) is 10.9. The summed E-state index contributed by atoms with van der Waals surface area (Å²) in [5.74, 6) is -3.00. The summed E-state index contributed by atoms with van der Waals surface area (Å²) < 4.78 is 0. The first-order valence-electron chi connectivity index (χ1n) is 6.37. The predicted molar refractivity (Wildman–Crippen MR) is 89.9 cm³/mol. The van der Waals surface area contributed by atoms with Crippen molar-refractivity contribution < 1.29 is 9.59 Å². The van der Waals surface area contributed by atoms with Crippen molar-refractivity contribution in [2.45, 2.75) is 5.92 Å². The third kappa shape index (κ3) is 4.23. The standard InChI is InChI=1S/C16H9Cl3N2O2/c17-10-3-1-9(2-4-10)12(8-20)15(22)16(23)21-11-5-6-13(18)14(19)7-11/h1-7,12H,(H,21,23)/t12-/m0/s1. The summed E-state index contributed by atoms with van der Waals surface area (Å²) in [7, 11) is 0. The van der Waals surface area contributed by atoms with E-state index in [1.807, 2.05) is 6.07 Å². The fourth-order valence-electron chi connectivity index (χ4n) is 1.84. The molecule has 1 atom stereocenters. The summed E-state index contributed by atoms with van der Waals surface area (Å²) in [6, 6.07) is 12.4. The zero-order valence-electron chi connectivity index (χ0n) is 11.5. The van der Waals surface area contributed by atoms with Gasteiger partial charge in [0.2, 0.25) is 5.78 Å². The number of anilines is 1. The molecule has 4 nitrogen and oxygen atoms in total. The minimum Gasteiger partial charge on any atom is -0.319 e. The average Bonchev–Trinajstić information content (AvgIpc) is 2.53. The molecule has 2 aromatic carbocycles. The maximum atomic E-state index is 12.2. The highest BCUT2D eigenvalue weighted by Gasteiger charge is 2.27. The Kier molecular flexibility index (Phi) is 5.62. The van der Waals surface area contributed by atoms with Gasteiger partial charge in [0.15, 0.2) is 0 Å². The van der Waals surface area contributed by atoms with Crippen LogP contribution < -0.4 is 5.32 Å². The van der Waals surface area contributed by atoms with E-state index in [1.54, 1.807) is 12.1 Å². The quantitative estimate of drug-likeness (QED) is 0.811. The van der Waals surface area contributed by atoms with Gasteiger partial charge >= 0.3 is 0 Å². The summed E-state index contributed by atoms with van der Waals surface area (Å²) in [5.41, 5.74) is 0.705. The van der Waals surface area contributed by atoms with Crippen molar-refractivity contribution in [1.29, 1.82) is 5.26 Å². The van der Waals surface area contributed by atoms with Crippen LogP contribution in [0.4, 0.5) is 5.69 Å². The molecule has 0 aromatic heterocycles. The molecule has 2 aromatic rings. The van der Waals surface area contributed by atoms with Crippen LogP contribution >= 0.6 is 34.8 Å². The maximum Gasteiger partial charge on any atom is 0.293 e. The van der Waals surface area contributed by atoms with E-state index in [2.05, 4.69) is 5.32 Å². The van der Waals surface area contributed by atoms with Crippen LogP contribution in [0.5, 0.6) is 0 Å². The van der Waals surface area contributed by atoms with Crippen molar-refractivity contribution >= 4 is 52.2 Å². The number of carbonyl (C=O) groups excluding carboxylic acids is 2. The van der Waals surface area contributed by atoms with E-state index >= 15 is 0 Å².